The minimum atomic E-state index is 0.0594. The Morgan fingerprint density at radius 3 is 2.82 bits per heavy atom. The molecule has 1 saturated heterocycles. The van der Waals surface area contributed by atoms with Crippen molar-refractivity contribution in [3.63, 3.8) is 0 Å². The summed E-state index contributed by atoms with van der Waals surface area (Å²) in [6.45, 7) is 3.15. The lowest BCUT2D eigenvalue weighted by Gasteiger charge is -2.49. The monoisotopic (exact) mass is 350 g/mol. The van der Waals surface area contributed by atoms with Crippen LogP contribution in [0, 0.1) is 5.92 Å². The van der Waals surface area contributed by atoms with E-state index in [1.165, 1.54) is 32.1 Å². The lowest BCUT2D eigenvalue weighted by molar-refractivity contribution is -0.256. The van der Waals surface area contributed by atoms with Crippen LogP contribution < -0.4 is 0 Å². The van der Waals surface area contributed by atoms with E-state index in [1.807, 2.05) is 0 Å². The predicted molar refractivity (Wildman–Crippen MR) is 78.2 cm³/mol. The van der Waals surface area contributed by atoms with Gasteiger partial charge in [-0.05, 0) is 48.5 Å². The Morgan fingerprint density at radius 2 is 2.24 bits per heavy atom. The van der Waals surface area contributed by atoms with Gasteiger partial charge in [0.2, 0.25) is 0 Å². The van der Waals surface area contributed by atoms with Gasteiger partial charge in [-0.25, -0.2) is 0 Å². The summed E-state index contributed by atoms with van der Waals surface area (Å²) in [5, 5.41) is 0. The van der Waals surface area contributed by atoms with Crippen molar-refractivity contribution in [2.45, 2.75) is 63.8 Å². The minimum Gasteiger partial charge on any atom is -0.353 e. The van der Waals surface area contributed by atoms with Crippen LogP contribution in [0.25, 0.3) is 0 Å². The quantitative estimate of drug-likeness (QED) is 0.683. The molecule has 0 radical (unpaired) electrons. The summed E-state index contributed by atoms with van der Waals surface area (Å²) in [4.78, 5) is 0. The first-order chi connectivity index (χ1) is 8.28. The van der Waals surface area contributed by atoms with Crippen LogP contribution in [0.4, 0.5) is 0 Å². The Hall–Kier alpha value is 0.390. The zero-order chi connectivity index (χ0) is 12.1. The van der Waals surface area contributed by atoms with Crippen molar-refractivity contribution in [3.05, 3.63) is 10.2 Å². The molecule has 3 heteroatoms. The highest BCUT2D eigenvalue weighted by Gasteiger charge is 2.45. The fourth-order valence-electron chi connectivity index (χ4n) is 2.93. The SMILES string of the molecule is CCC1CC(C/C=C/I)(OC2CCCCO2)C1. The van der Waals surface area contributed by atoms with Gasteiger partial charge in [-0.3, -0.25) is 0 Å². The maximum Gasteiger partial charge on any atom is 0.158 e. The first kappa shape index (κ1) is 13.8. The molecule has 0 amide bonds. The molecule has 2 rings (SSSR count). The summed E-state index contributed by atoms with van der Waals surface area (Å²) >= 11 is 2.29. The summed E-state index contributed by atoms with van der Waals surface area (Å²) in [7, 11) is 0. The third-order valence-corrected chi connectivity index (χ3v) is 4.51. The van der Waals surface area contributed by atoms with E-state index in [0.717, 1.165) is 25.4 Å². The normalized spacial score (nSPS) is 38.2. The van der Waals surface area contributed by atoms with Crippen LogP contribution in [0.3, 0.4) is 0 Å². The molecule has 1 aliphatic heterocycles. The second-order valence-corrected chi connectivity index (χ2v) is 6.06. The second kappa shape index (κ2) is 6.53. The first-order valence-corrected chi connectivity index (χ1v) is 8.07. The average Bonchev–Trinajstić information content (AvgIpc) is 2.33. The molecule has 1 atom stereocenters. The van der Waals surface area contributed by atoms with Crippen LogP contribution in [-0.4, -0.2) is 18.5 Å². The Morgan fingerprint density at radius 1 is 1.41 bits per heavy atom. The summed E-state index contributed by atoms with van der Waals surface area (Å²) < 4.78 is 14.1. The van der Waals surface area contributed by atoms with Crippen LogP contribution >= 0.6 is 22.6 Å². The predicted octanol–water partition coefficient (Wildman–Crippen LogP) is 4.43. The highest BCUT2D eigenvalue weighted by Crippen LogP contribution is 2.46. The summed E-state index contributed by atoms with van der Waals surface area (Å²) in [5.74, 6) is 0.862. The van der Waals surface area contributed by atoms with E-state index in [-0.39, 0.29) is 11.9 Å². The minimum absolute atomic E-state index is 0.0594. The number of hydrogen-bond donors (Lipinski definition) is 0. The van der Waals surface area contributed by atoms with Crippen molar-refractivity contribution < 1.29 is 9.47 Å². The highest BCUT2D eigenvalue weighted by molar-refractivity contribution is 14.1. The molecule has 0 aromatic heterocycles. The molecular weight excluding hydrogens is 327 g/mol. The van der Waals surface area contributed by atoms with E-state index in [0.29, 0.717) is 0 Å². The summed E-state index contributed by atoms with van der Waals surface area (Å²) in [5.41, 5.74) is 0.0877. The van der Waals surface area contributed by atoms with Crippen molar-refractivity contribution in [2.75, 3.05) is 6.61 Å². The zero-order valence-corrected chi connectivity index (χ0v) is 12.8. The largest absolute Gasteiger partial charge is 0.353 e. The van der Waals surface area contributed by atoms with Gasteiger partial charge in [0.1, 0.15) is 0 Å². The third kappa shape index (κ3) is 3.67. The fourth-order valence-corrected chi connectivity index (χ4v) is 3.19. The van der Waals surface area contributed by atoms with E-state index in [1.54, 1.807) is 0 Å². The molecule has 1 aliphatic carbocycles. The Kier molecular flexibility index (Phi) is 5.30. The molecule has 2 aliphatic rings. The maximum atomic E-state index is 6.27. The van der Waals surface area contributed by atoms with E-state index in [4.69, 9.17) is 9.47 Å². The molecule has 98 valence electrons. The second-order valence-electron chi connectivity index (χ2n) is 5.35. The topological polar surface area (TPSA) is 18.5 Å². The summed E-state index contributed by atoms with van der Waals surface area (Å²) in [6.07, 6.45) is 10.6. The van der Waals surface area contributed by atoms with Crippen molar-refractivity contribution in [1.82, 2.24) is 0 Å². The number of halogens is 1. The zero-order valence-electron chi connectivity index (χ0n) is 10.7. The lowest BCUT2D eigenvalue weighted by Crippen LogP contribution is -2.49. The number of hydrogen-bond acceptors (Lipinski definition) is 2. The summed E-state index contributed by atoms with van der Waals surface area (Å²) in [6, 6.07) is 0. The molecule has 0 aromatic rings. The third-order valence-electron chi connectivity index (χ3n) is 4.00. The fraction of sp³-hybridized carbons (Fsp3) is 0.857. The highest BCUT2D eigenvalue weighted by atomic mass is 127. The van der Waals surface area contributed by atoms with Crippen LogP contribution in [0.1, 0.15) is 51.9 Å². The van der Waals surface area contributed by atoms with Gasteiger partial charge in [0.15, 0.2) is 6.29 Å². The van der Waals surface area contributed by atoms with Gasteiger partial charge in [-0.1, -0.05) is 42.0 Å². The van der Waals surface area contributed by atoms with Crippen LogP contribution in [0.5, 0.6) is 0 Å². The Balaban J connectivity index is 1.87. The molecule has 0 spiro atoms. The molecule has 2 nitrogen and oxygen atoms in total. The van der Waals surface area contributed by atoms with E-state index >= 15 is 0 Å². The Labute approximate surface area is 118 Å². The molecule has 2 fully saturated rings. The van der Waals surface area contributed by atoms with Gasteiger partial charge in [0.25, 0.3) is 0 Å². The van der Waals surface area contributed by atoms with Gasteiger partial charge in [-0.2, -0.15) is 0 Å². The molecule has 1 saturated carbocycles. The molecule has 0 aromatic carbocycles. The van der Waals surface area contributed by atoms with Crippen molar-refractivity contribution in [3.8, 4) is 0 Å². The lowest BCUT2D eigenvalue weighted by atomic mass is 9.68. The molecule has 17 heavy (non-hydrogen) atoms. The standard InChI is InChI=1S/C14H23IO2/c1-2-12-10-14(11-12,7-5-8-15)17-13-6-3-4-9-16-13/h5,8,12-13H,2-4,6-7,9-11H2,1H3/b8-5+. The maximum absolute atomic E-state index is 6.27. The molecule has 1 unspecified atom stereocenters. The van der Waals surface area contributed by atoms with Gasteiger partial charge >= 0.3 is 0 Å². The molecule has 0 N–H and O–H groups in total. The van der Waals surface area contributed by atoms with Crippen LogP contribution in [-0.2, 0) is 9.47 Å². The van der Waals surface area contributed by atoms with Crippen molar-refractivity contribution in [2.24, 2.45) is 5.92 Å². The van der Waals surface area contributed by atoms with Crippen molar-refractivity contribution >= 4 is 22.6 Å². The average molecular weight is 350 g/mol. The van der Waals surface area contributed by atoms with Gasteiger partial charge in [0, 0.05) is 6.61 Å². The number of rotatable bonds is 5. The molecule has 0 bridgehead atoms. The van der Waals surface area contributed by atoms with Gasteiger partial charge in [0.05, 0.1) is 5.60 Å². The van der Waals surface area contributed by atoms with Crippen LogP contribution in [0.2, 0.25) is 0 Å². The smallest absolute Gasteiger partial charge is 0.158 e. The van der Waals surface area contributed by atoms with Crippen LogP contribution in [0.15, 0.2) is 10.2 Å². The Bertz CT molecular complexity index is 253. The van der Waals surface area contributed by atoms with E-state index in [9.17, 15) is 0 Å². The van der Waals surface area contributed by atoms with E-state index < -0.39 is 0 Å². The first-order valence-electron chi connectivity index (χ1n) is 6.82. The molecule has 1 heterocycles. The molecular formula is C14H23IO2. The number of ether oxygens (including phenoxy) is 2. The van der Waals surface area contributed by atoms with Gasteiger partial charge < -0.3 is 9.47 Å². The van der Waals surface area contributed by atoms with Crippen molar-refractivity contribution in [1.29, 1.82) is 0 Å². The van der Waals surface area contributed by atoms with Gasteiger partial charge in [-0.15, -0.1) is 0 Å². The van der Waals surface area contributed by atoms with E-state index in [2.05, 4.69) is 39.7 Å².